The van der Waals surface area contributed by atoms with Crippen molar-refractivity contribution in [1.29, 1.82) is 0 Å². The highest BCUT2D eigenvalue weighted by molar-refractivity contribution is 5.99. The number of aryl methyl sites for hydroxylation is 1. The summed E-state index contributed by atoms with van der Waals surface area (Å²) in [5, 5.41) is 7.32. The lowest BCUT2D eigenvalue weighted by molar-refractivity contribution is 0.0953. The molecule has 25 heavy (non-hydrogen) atoms. The minimum absolute atomic E-state index is 0.199. The maximum absolute atomic E-state index is 12.8. The van der Waals surface area contributed by atoms with Crippen molar-refractivity contribution in [3.05, 3.63) is 58.6 Å². The van der Waals surface area contributed by atoms with Gasteiger partial charge in [-0.1, -0.05) is 32.0 Å². The number of benzene rings is 1. The monoisotopic (exact) mass is 338 g/mol. The van der Waals surface area contributed by atoms with Crippen molar-refractivity contribution >= 4 is 5.91 Å². The highest BCUT2D eigenvalue weighted by Crippen LogP contribution is 2.22. The maximum Gasteiger partial charge on any atom is 0.282 e. The quantitative estimate of drug-likeness (QED) is 0.751. The van der Waals surface area contributed by atoms with Gasteiger partial charge in [0.25, 0.3) is 11.5 Å². The summed E-state index contributed by atoms with van der Waals surface area (Å²) < 4.78 is 3.25. The summed E-state index contributed by atoms with van der Waals surface area (Å²) in [5.41, 5.74) is 1.81. The van der Waals surface area contributed by atoms with Crippen molar-refractivity contribution in [2.24, 2.45) is 0 Å². The second-order valence-corrected chi connectivity index (χ2v) is 5.98. The molecule has 0 bridgehead atoms. The number of fused-ring (bicyclic) bond motifs is 1. The van der Waals surface area contributed by atoms with Gasteiger partial charge in [-0.15, -0.1) is 0 Å². The molecule has 3 rings (SSSR count). The van der Waals surface area contributed by atoms with Gasteiger partial charge in [0, 0.05) is 25.5 Å². The van der Waals surface area contributed by atoms with Crippen LogP contribution in [0.15, 0.2) is 47.5 Å². The first kappa shape index (κ1) is 17.0. The SMILES string of the molecule is CCCNC(=O)c1cn(CCC)cc2c(=O)n(-c3ccccc3)nc1-2. The van der Waals surface area contributed by atoms with Gasteiger partial charge in [0.2, 0.25) is 0 Å². The van der Waals surface area contributed by atoms with E-state index in [9.17, 15) is 9.59 Å². The molecular weight excluding hydrogens is 316 g/mol. The van der Waals surface area contributed by atoms with Crippen molar-refractivity contribution in [3.63, 3.8) is 0 Å². The van der Waals surface area contributed by atoms with Crippen LogP contribution in [0.3, 0.4) is 0 Å². The van der Waals surface area contributed by atoms with Crippen LogP contribution in [0.2, 0.25) is 0 Å². The number of aromatic nitrogens is 3. The lowest BCUT2D eigenvalue weighted by atomic mass is 10.1. The molecule has 2 aliphatic heterocycles. The Kier molecular flexibility index (Phi) is 4.97. The number of nitrogens with zero attached hydrogens (tertiary/aromatic N) is 3. The predicted molar refractivity (Wildman–Crippen MR) is 97.4 cm³/mol. The first-order valence-electron chi connectivity index (χ1n) is 8.62. The molecule has 0 aliphatic carbocycles. The van der Waals surface area contributed by atoms with E-state index in [2.05, 4.69) is 17.3 Å². The molecule has 0 atom stereocenters. The number of rotatable bonds is 6. The zero-order valence-corrected chi connectivity index (χ0v) is 14.5. The van der Waals surface area contributed by atoms with E-state index in [0.717, 1.165) is 19.4 Å². The number of hydrogen-bond donors (Lipinski definition) is 1. The molecule has 0 radical (unpaired) electrons. The van der Waals surface area contributed by atoms with Gasteiger partial charge in [0.15, 0.2) is 0 Å². The molecule has 6 heteroatoms. The van der Waals surface area contributed by atoms with Gasteiger partial charge in [-0.2, -0.15) is 9.78 Å². The summed E-state index contributed by atoms with van der Waals surface area (Å²) >= 11 is 0. The number of pyridine rings is 1. The second kappa shape index (κ2) is 7.34. The molecule has 0 fully saturated rings. The van der Waals surface area contributed by atoms with Gasteiger partial charge < -0.3 is 9.88 Å². The lowest BCUT2D eigenvalue weighted by Crippen LogP contribution is -2.26. The van der Waals surface area contributed by atoms with E-state index in [1.807, 2.05) is 41.8 Å². The molecular formula is C19H22N4O2. The van der Waals surface area contributed by atoms with E-state index in [1.165, 1.54) is 4.68 Å². The molecule has 2 heterocycles. The summed E-state index contributed by atoms with van der Waals surface area (Å²) in [4.78, 5) is 25.4. The van der Waals surface area contributed by atoms with E-state index in [0.29, 0.717) is 29.1 Å². The van der Waals surface area contributed by atoms with Crippen molar-refractivity contribution in [2.45, 2.75) is 33.2 Å². The fourth-order valence-corrected chi connectivity index (χ4v) is 2.79. The summed E-state index contributed by atoms with van der Waals surface area (Å²) in [6.07, 6.45) is 5.32. The molecule has 1 aromatic carbocycles. The highest BCUT2D eigenvalue weighted by Gasteiger charge is 2.24. The second-order valence-electron chi connectivity index (χ2n) is 5.98. The molecule has 1 aromatic rings. The van der Waals surface area contributed by atoms with Gasteiger partial charge in [0.1, 0.15) is 5.69 Å². The van der Waals surface area contributed by atoms with Gasteiger partial charge >= 0.3 is 0 Å². The van der Waals surface area contributed by atoms with Crippen molar-refractivity contribution in [2.75, 3.05) is 6.54 Å². The van der Waals surface area contributed by atoms with E-state index in [-0.39, 0.29) is 11.5 Å². The first-order valence-corrected chi connectivity index (χ1v) is 8.62. The maximum atomic E-state index is 12.8. The standard InChI is InChI=1S/C19H22N4O2/c1-3-10-20-18(24)15-12-22(11-4-2)13-16-17(15)21-23(19(16)25)14-8-6-5-7-9-14/h5-9,12-13H,3-4,10-11H2,1-2H3,(H,20,24). The van der Waals surface area contributed by atoms with Crippen molar-refractivity contribution < 1.29 is 4.79 Å². The summed E-state index contributed by atoms with van der Waals surface area (Å²) in [5.74, 6) is -0.199. The zero-order chi connectivity index (χ0) is 17.8. The van der Waals surface area contributed by atoms with Gasteiger partial charge in [-0.3, -0.25) is 9.59 Å². The number of hydrogen-bond acceptors (Lipinski definition) is 3. The van der Waals surface area contributed by atoms with Crippen LogP contribution in [0.4, 0.5) is 0 Å². The smallest absolute Gasteiger partial charge is 0.282 e. The number of amides is 1. The minimum atomic E-state index is -0.212. The normalized spacial score (nSPS) is 11.0. The Labute approximate surface area is 146 Å². The Hall–Kier alpha value is -2.89. The molecule has 0 unspecified atom stereocenters. The minimum Gasteiger partial charge on any atom is -0.353 e. The largest absolute Gasteiger partial charge is 0.353 e. The van der Waals surface area contributed by atoms with Crippen LogP contribution >= 0.6 is 0 Å². The van der Waals surface area contributed by atoms with Crippen molar-refractivity contribution in [3.8, 4) is 16.9 Å². The third kappa shape index (κ3) is 3.33. The van der Waals surface area contributed by atoms with Crippen LogP contribution in [0.1, 0.15) is 37.0 Å². The number of carbonyl (C=O) groups excluding carboxylic acids is 1. The topological polar surface area (TPSA) is 68.9 Å². The average Bonchev–Trinajstić information content (AvgIpc) is 2.97. The molecule has 6 nitrogen and oxygen atoms in total. The van der Waals surface area contributed by atoms with Crippen LogP contribution in [0, 0.1) is 0 Å². The highest BCUT2D eigenvalue weighted by atomic mass is 16.2. The van der Waals surface area contributed by atoms with E-state index in [4.69, 9.17) is 0 Å². The average molecular weight is 338 g/mol. The van der Waals surface area contributed by atoms with Crippen LogP contribution < -0.4 is 10.9 Å². The number of para-hydroxylation sites is 1. The third-order valence-electron chi connectivity index (χ3n) is 3.99. The summed E-state index contributed by atoms with van der Waals surface area (Å²) in [6, 6.07) is 9.24. The Morgan fingerprint density at radius 1 is 1.12 bits per heavy atom. The molecule has 130 valence electrons. The van der Waals surface area contributed by atoms with Gasteiger partial charge in [0.05, 0.1) is 16.8 Å². The molecule has 1 amide bonds. The number of carbonyl (C=O) groups is 1. The van der Waals surface area contributed by atoms with E-state index in [1.54, 1.807) is 12.4 Å². The van der Waals surface area contributed by atoms with E-state index < -0.39 is 0 Å². The Balaban J connectivity index is 2.17. The predicted octanol–water partition coefficient (Wildman–Crippen LogP) is 2.69. The van der Waals surface area contributed by atoms with Gasteiger partial charge in [-0.05, 0) is 25.0 Å². The molecule has 0 aromatic heterocycles. The molecule has 1 N–H and O–H groups in total. The summed E-state index contributed by atoms with van der Waals surface area (Å²) in [7, 11) is 0. The van der Waals surface area contributed by atoms with Crippen LogP contribution in [-0.4, -0.2) is 26.8 Å². The number of nitrogens with one attached hydrogen (secondary N) is 1. The first-order chi connectivity index (χ1) is 12.2. The fraction of sp³-hybridized carbons (Fsp3) is 0.316. The van der Waals surface area contributed by atoms with Gasteiger partial charge in [-0.25, -0.2) is 0 Å². The Bertz CT molecular complexity index is 896. The fourth-order valence-electron chi connectivity index (χ4n) is 2.79. The van der Waals surface area contributed by atoms with Crippen molar-refractivity contribution in [1.82, 2.24) is 19.7 Å². The lowest BCUT2D eigenvalue weighted by Gasteiger charge is -2.11. The van der Waals surface area contributed by atoms with Crippen LogP contribution in [0.5, 0.6) is 0 Å². The van der Waals surface area contributed by atoms with E-state index >= 15 is 0 Å². The molecule has 0 spiro atoms. The third-order valence-corrected chi connectivity index (χ3v) is 3.99. The Morgan fingerprint density at radius 2 is 1.88 bits per heavy atom. The summed E-state index contributed by atoms with van der Waals surface area (Å²) in [6.45, 7) is 5.38. The van der Waals surface area contributed by atoms with Crippen LogP contribution in [-0.2, 0) is 6.54 Å². The molecule has 2 aliphatic rings. The zero-order valence-electron chi connectivity index (χ0n) is 14.5. The van der Waals surface area contributed by atoms with Crippen LogP contribution in [0.25, 0.3) is 16.9 Å². The molecule has 0 saturated heterocycles. The Morgan fingerprint density at radius 3 is 2.56 bits per heavy atom. The molecule has 0 saturated carbocycles.